The van der Waals surface area contributed by atoms with E-state index >= 15 is 0 Å². The Balaban J connectivity index is 2.07. The third kappa shape index (κ3) is 1.97. The second kappa shape index (κ2) is 4.42. The maximum absolute atomic E-state index is 5.98. The summed E-state index contributed by atoms with van der Waals surface area (Å²) in [5.74, 6) is 2.63. The molecule has 0 fully saturated rings. The van der Waals surface area contributed by atoms with Gasteiger partial charge in [-0.05, 0) is 31.5 Å². The molecule has 0 unspecified atom stereocenters. The highest BCUT2D eigenvalue weighted by Gasteiger charge is 2.16. The maximum atomic E-state index is 5.98. The van der Waals surface area contributed by atoms with E-state index in [2.05, 4.69) is 9.97 Å². The minimum absolute atomic E-state index is 0.260. The van der Waals surface area contributed by atoms with Gasteiger partial charge in [0.25, 0.3) is 0 Å². The van der Waals surface area contributed by atoms with Crippen molar-refractivity contribution in [1.82, 2.24) is 9.97 Å². The van der Waals surface area contributed by atoms with Gasteiger partial charge in [0.2, 0.25) is 6.79 Å². The maximum Gasteiger partial charge on any atom is 0.231 e. The van der Waals surface area contributed by atoms with Crippen molar-refractivity contribution in [2.75, 3.05) is 12.5 Å². The van der Waals surface area contributed by atoms with Gasteiger partial charge < -0.3 is 15.2 Å². The molecule has 0 saturated carbocycles. The van der Waals surface area contributed by atoms with Gasteiger partial charge in [-0.25, -0.2) is 9.97 Å². The van der Waals surface area contributed by atoms with Crippen molar-refractivity contribution < 1.29 is 9.47 Å². The minimum atomic E-state index is 0.260. The first-order chi connectivity index (χ1) is 9.19. The van der Waals surface area contributed by atoms with Crippen LogP contribution in [0.2, 0.25) is 0 Å². The molecule has 0 aliphatic carbocycles. The summed E-state index contributed by atoms with van der Waals surface area (Å²) in [6.07, 6.45) is 0.832. The predicted octanol–water partition coefficient (Wildman–Crippen LogP) is 2.33. The van der Waals surface area contributed by atoms with Crippen molar-refractivity contribution in [3.63, 3.8) is 0 Å². The first-order valence-electron chi connectivity index (χ1n) is 6.22. The van der Waals surface area contributed by atoms with Crippen LogP contribution >= 0.6 is 0 Å². The molecule has 3 rings (SSSR count). The Labute approximate surface area is 111 Å². The quantitative estimate of drug-likeness (QED) is 0.894. The molecule has 2 N–H and O–H groups in total. The molecule has 1 aliphatic rings. The van der Waals surface area contributed by atoms with Crippen LogP contribution in [0.4, 0.5) is 5.82 Å². The van der Waals surface area contributed by atoms with Crippen LogP contribution in [-0.4, -0.2) is 16.8 Å². The van der Waals surface area contributed by atoms with Gasteiger partial charge in [0.15, 0.2) is 17.3 Å². The molecule has 0 saturated heterocycles. The van der Waals surface area contributed by atoms with E-state index in [0.29, 0.717) is 11.6 Å². The Morgan fingerprint density at radius 1 is 1.21 bits per heavy atom. The number of rotatable bonds is 2. The molecule has 2 aromatic rings. The highest BCUT2D eigenvalue weighted by atomic mass is 16.7. The normalized spacial score (nSPS) is 12.7. The summed E-state index contributed by atoms with van der Waals surface area (Å²) >= 11 is 0. The lowest BCUT2D eigenvalue weighted by molar-refractivity contribution is 0.174. The number of nitrogens with two attached hydrogens (primary N) is 1. The average Bonchev–Trinajstić information content (AvgIpc) is 2.85. The van der Waals surface area contributed by atoms with Gasteiger partial charge in [-0.15, -0.1) is 0 Å². The summed E-state index contributed by atoms with van der Waals surface area (Å²) in [7, 11) is 0. The van der Waals surface area contributed by atoms with Gasteiger partial charge in [0.05, 0.1) is 0 Å². The molecule has 19 heavy (non-hydrogen) atoms. The zero-order valence-corrected chi connectivity index (χ0v) is 10.9. The number of nitrogen functional groups attached to an aromatic ring is 1. The van der Waals surface area contributed by atoms with Crippen molar-refractivity contribution in [3.05, 3.63) is 29.5 Å². The van der Waals surface area contributed by atoms with Crippen molar-refractivity contribution in [2.45, 2.75) is 20.3 Å². The molecular weight excluding hydrogens is 242 g/mol. The molecule has 0 atom stereocenters. The van der Waals surface area contributed by atoms with E-state index in [4.69, 9.17) is 15.2 Å². The fourth-order valence-corrected chi connectivity index (χ4v) is 2.22. The second-order valence-corrected chi connectivity index (χ2v) is 4.42. The first kappa shape index (κ1) is 11.8. The molecule has 5 nitrogen and oxygen atoms in total. The van der Waals surface area contributed by atoms with Gasteiger partial charge in [0.1, 0.15) is 5.82 Å². The molecule has 5 heteroatoms. The van der Waals surface area contributed by atoms with Gasteiger partial charge in [-0.2, -0.15) is 0 Å². The zero-order valence-electron chi connectivity index (χ0n) is 10.9. The fourth-order valence-electron chi connectivity index (χ4n) is 2.22. The minimum Gasteiger partial charge on any atom is -0.454 e. The highest BCUT2D eigenvalue weighted by molar-refractivity contribution is 5.63. The van der Waals surface area contributed by atoms with E-state index in [1.165, 1.54) is 0 Å². The van der Waals surface area contributed by atoms with Gasteiger partial charge in [0, 0.05) is 16.8 Å². The Kier molecular flexibility index (Phi) is 2.74. The molecule has 98 valence electrons. The number of hydrogen-bond acceptors (Lipinski definition) is 5. The van der Waals surface area contributed by atoms with Gasteiger partial charge in [-0.3, -0.25) is 0 Å². The van der Waals surface area contributed by atoms with Gasteiger partial charge in [-0.1, -0.05) is 6.92 Å². The molecular formula is C14H15N3O2. The Hall–Kier alpha value is -2.30. The van der Waals surface area contributed by atoms with E-state index in [1.54, 1.807) is 0 Å². The number of nitrogens with zero attached hydrogens (tertiary/aromatic N) is 2. The van der Waals surface area contributed by atoms with Gasteiger partial charge >= 0.3 is 0 Å². The number of aromatic nitrogens is 2. The fraction of sp³-hybridized carbons (Fsp3) is 0.286. The van der Waals surface area contributed by atoms with E-state index in [0.717, 1.165) is 34.7 Å². The van der Waals surface area contributed by atoms with Crippen LogP contribution in [0.15, 0.2) is 18.2 Å². The number of fused-ring (bicyclic) bond motifs is 1. The van der Waals surface area contributed by atoms with Crippen molar-refractivity contribution in [1.29, 1.82) is 0 Å². The summed E-state index contributed by atoms with van der Waals surface area (Å²) in [6.45, 7) is 4.26. The SMILES string of the molecule is CCc1c(C)nc(-c2ccc3c(c2)OCO3)nc1N. The van der Waals surface area contributed by atoms with Crippen LogP contribution in [0, 0.1) is 6.92 Å². The first-order valence-corrected chi connectivity index (χ1v) is 6.22. The van der Waals surface area contributed by atoms with E-state index < -0.39 is 0 Å². The van der Waals surface area contributed by atoms with Crippen molar-refractivity contribution >= 4 is 5.82 Å². The topological polar surface area (TPSA) is 70.3 Å². The zero-order chi connectivity index (χ0) is 13.4. The number of ether oxygens (including phenoxy) is 2. The molecule has 0 bridgehead atoms. The molecule has 0 spiro atoms. The molecule has 1 aliphatic heterocycles. The lowest BCUT2D eigenvalue weighted by Gasteiger charge is -2.09. The number of aryl methyl sites for hydroxylation is 1. The van der Waals surface area contributed by atoms with Crippen LogP contribution in [0.1, 0.15) is 18.2 Å². The Bertz CT molecular complexity index is 618. The van der Waals surface area contributed by atoms with E-state index in [9.17, 15) is 0 Å². The number of hydrogen-bond donors (Lipinski definition) is 1. The van der Waals surface area contributed by atoms with Crippen LogP contribution in [0.5, 0.6) is 11.5 Å². The standard InChI is InChI=1S/C14H15N3O2/c1-3-10-8(2)16-14(17-13(10)15)9-4-5-11-12(6-9)19-7-18-11/h4-6H,3,7H2,1-2H3,(H2,15,16,17). The summed E-state index contributed by atoms with van der Waals surface area (Å²) in [6, 6.07) is 5.65. The summed E-state index contributed by atoms with van der Waals surface area (Å²) in [4.78, 5) is 8.88. The third-order valence-electron chi connectivity index (χ3n) is 3.23. The van der Waals surface area contributed by atoms with E-state index in [1.807, 2.05) is 32.0 Å². The second-order valence-electron chi connectivity index (χ2n) is 4.42. The Morgan fingerprint density at radius 2 is 2.00 bits per heavy atom. The Morgan fingerprint density at radius 3 is 2.74 bits per heavy atom. The van der Waals surface area contributed by atoms with E-state index in [-0.39, 0.29) is 6.79 Å². The summed E-state index contributed by atoms with van der Waals surface area (Å²) in [5.41, 5.74) is 8.78. The third-order valence-corrected chi connectivity index (χ3v) is 3.23. The lowest BCUT2D eigenvalue weighted by atomic mass is 10.1. The van der Waals surface area contributed by atoms with Crippen LogP contribution in [0.25, 0.3) is 11.4 Å². The lowest BCUT2D eigenvalue weighted by Crippen LogP contribution is -2.04. The highest BCUT2D eigenvalue weighted by Crippen LogP contribution is 2.35. The van der Waals surface area contributed by atoms with Crippen LogP contribution in [0.3, 0.4) is 0 Å². The summed E-state index contributed by atoms with van der Waals surface area (Å²) in [5, 5.41) is 0. The monoisotopic (exact) mass is 257 g/mol. The van der Waals surface area contributed by atoms with Crippen molar-refractivity contribution in [2.24, 2.45) is 0 Å². The molecule has 1 aromatic heterocycles. The smallest absolute Gasteiger partial charge is 0.231 e. The largest absolute Gasteiger partial charge is 0.454 e. The number of anilines is 1. The molecule has 0 amide bonds. The van der Waals surface area contributed by atoms with Crippen LogP contribution in [-0.2, 0) is 6.42 Å². The summed E-state index contributed by atoms with van der Waals surface area (Å²) < 4.78 is 10.6. The molecule has 1 aromatic carbocycles. The average molecular weight is 257 g/mol. The number of benzene rings is 1. The molecule has 2 heterocycles. The van der Waals surface area contributed by atoms with Crippen LogP contribution < -0.4 is 15.2 Å². The van der Waals surface area contributed by atoms with Crippen molar-refractivity contribution in [3.8, 4) is 22.9 Å². The predicted molar refractivity (Wildman–Crippen MR) is 72.1 cm³/mol. The molecule has 0 radical (unpaired) electrons.